The van der Waals surface area contributed by atoms with Gasteiger partial charge in [0, 0.05) is 5.56 Å². The summed E-state index contributed by atoms with van der Waals surface area (Å²) in [6, 6.07) is 10.9. The van der Waals surface area contributed by atoms with Gasteiger partial charge in [-0.15, -0.1) is 0 Å². The van der Waals surface area contributed by atoms with Crippen LogP contribution in [0.3, 0.4) is 0 Å². The van der Waals surface area contributed by atoms with Crippen molar-refractivity contribution >= 4 is 11.7 Å². The fraction of sp³-hybridized carbons (Fsp3) is 0.348. The first-order valence-electron chi connectivity index (χ1n) is 9.84. The zero-order valence-corrected chi connectivity index (χ0v) is 17.4. The summed E-state index contributed by atoms with van der Waals surface area (Å²) < 4.78 is 34.0. The van der Waals surface area contributed by atoms with E-state index < -0.39 is 12.1 Å². The Kier molecular flexibility index (Phi) is 5.44. The van der Waals surface area contributed by atoms with Crippen molar-refractivity contribution in [3.8, 4) is 23.0 Å². The van der Waals surface area contributed by atoms with E-state index in [-0.39, 0.29) is 18.5 Å². The largest absolute Gasteiger partial charge is 0.492 e. The Bertz CT molecular complexity index is 993. The molecule has 0 spiro atoms. The van der Waals surface area contributed by atoms with Crippen molar-refractivity contribution < 1.29 is 33.2 Å². The molecule has 0 N–H and O–H groups in total. The van der Waals surface area contributed by atoms with E-state index in [2.05, 4.69) is 0 Å². The highest BCUT2D eigenvalue weighted by Crippen LogP contribution is 2.46. The van der Waals surface area contributed by atoms with Crippen LogP contribution in [0, 0.1) is 0 Å². The average molecular weight is 412 g/mol. The van der Waals surface area contributed by atoms with Gasteiger partial charge < -0.3 is 28.4 Å². The Morgan fingerprint density at radius 1 is 1.10 bits per heavy atom. The quantitative estimate of drug-likeness (QED) is 0.657. The molecule has 0 radical (unpaired) electrons. The lowest BCUT2D eigenvalue weighted by Gasteiger charge is -2.30. The number of hydrogen-bond donors (Lipinski definition) is 0. The maximum atomic E-state index is 12.8. The molecule has 7 heteroatoms. The molecule has 0 amide bonds. The molecular weight excluding hydrogens is 388 g/mol. The molecule has 0 fully saturated rings. The molecule has 2 aromatic carbocycles. The second-order valence-corrected chi connectivity index (χ2v) is 7.10. The van der Waals surface area contributed by atoms with Gasteiger partial charge in [0.1, 0.15) is 22.8 Å². The van der Waals surface area contributed by atoms with E-state index in [0.717, 1.165) is 5.56 Å². The van der Waals surface area contributed by atoms with Crippen LogP contribution in [-0.4, -0.2) is 32.6 Å². The van der Waals surface area contributed by atoms with Crippen LogP contribution in [0.4, 0.5) is 0 Å². The molecule has 30 heavy (non-hydrogen) atoms. The summed E-state index contributed by atoms with van der Waals surface area (Å²) in [7, 11) is 1.34. The third-order valence-corrected chi connectivity index (χ3v) is 4.71. The minimum atomic E-state index is -0.724. The normalized spacial score (nSPS) is 16.8. The van der Waals surface area contributed by atoms with Gasteiger partial charge in [-0.05, 0) is 51.1 Å². The van der Waals surface area contributed by atoms with Gasteiger partial charge in [-0.3, -0.25) is 0 Å². The number of benzene rings is 2. The van der Waals surface area contributed by atoms with Crippen molar-refractivity contribution in [3.63, 3.8) is 0 Å². The molecule has 2 heterocycles. The lowest BCUT2D eigenvalue weighted by atomic mass is 9.94. The number of hydrogen-bond acceptors (Lipinski definition) is 7. The standard InChI is InChI=1S/C23H24O7/c1-5-26-22-16-11-15(29-13(2)3)7-9-17(16)30-21(20(22)23(24)25-4)14-6-8-18-19(10-14)28-12-27-18/h6-11,13,21H,5,12H2,1-4H3. The van der Waals surface area contributed by atoms with Crippen LogP contribution >= 0.6 is 0 Å². The fourth-order valence-corrected chi connectivity index (χ4v) is 3.51. The first-order valence-corrected chi connectivity index (χ1v) is 9.84. The molecular formula is C23H24O7. The second kappa shape index (κ2) is 8.18. The van der Waals surface area contributed by atoms with Crippen LogP contribution in [0.5, 0.6) is 23.0 Å². The maximum Gasteiger partial charge on any atom is 0.341 e. The highest BCUT2D eigenvalue weighted by molar-refractivity contribution is 5.99. The molecule has 0 aromatic heterocycles. The molecule has 4 rings (SSSR count). The smallest absolute Gasteiger partial charge is 0.341 e. The van der Waals surface area contributed by atoms with Gasteiger partial charge in [0.05, 0.1) is 25.4 Å². The van der Waals surface area contributed by atoms with Crippen LogP contribution in [0.15, 0.2) is 42.0 Å². The molecule has 1 unspecified atom stereocenters. The number of fused-ring (bicyclic) bond motifs is 2. The molecule has 2 aromatic rings. The topological polar surface area (TPSA) is 72.5 Å². The van der Waals surface area contributed by atoms with Crippen LogP contribution in [0.2, 0.25) is 0 Å². The number of methoxy groups -OCH3 is 1. The van der Waals surface area contributed by atoms with E-state index in [1.165, 1.54) is 7.11 Å². The van der Waals surface area contributed by atoms with Crippen molar-refractivity contribution in [1.29, 1.82) is 0 Å². The predicted molar refractivity (Wildman–Crippen MR) is 109 cm³/mol. The van der Waals surface area contributed by atoms with Gasteiger partial charge in [0.25, 0.3) is 0 Å². The molecule has 2 aliphatic heterocycles. The SMILES string of the molecule is CCOC1=C(C(=O)OC)C(c2ccc3c(c2)OCO3)Oc2ccc(OC(C)C)cc21. The van der Waals surface area contributed by atoms with E-state index in [0.29, 0.717) is 40.9 Å². The summed E-state index contributed by atoms with van der Waals surface area (Å²) in [5.41, 5.74) is 1.66. The van der Waals surface area contributed by atoms with E-state index in [1.54, 1.807) is 12.1 Å². The molecule has 0 saturated heterocycles. The van der Waals surface area contributed by atoms with Gasteiger partial charge >= 0.3 is 5.97 Å². The van der Waals surface area contributed by atoms with Crippen molar-refractivity contribution in [1.82, 2.24) is 0 Å². The van der Waals surface area contributed by atoms with Crippen molar-refractivity contribution in [2.45, 2.75) is 33.0 Å². The molecule has 0 aliphatic carbocycles. The number of rotatable bonds is 6. The first-order chi connectivity index (χ1) is 14.5. The summed E-state index contributed by atoms with van der Waals surface area (Å²) in [6.45, 7) is 6.30. The van der Waals surface area contributed by atoms with Gasteiger partial charge in [0.15, 0.2) is 17.6 Å². The predicted octanol–water partition coefficient (Wildman–Crippen LogP) is 4.26. The Balaban J connectivity index is 1.85. The van der Waals surface area contributed by atoms with Crippen LogP contribution in [0.1, 0.15) is 38.0 Å². The van der Waals surface area contributed by atoms with Crippen LogP contribution < -0.4 is 18.9 Å². The monoisotopic (exact) mass is 412 g/mol. The molecule has 7 nitrogen and oxygen atoms in total. The molecule has 1 atom stereocenters. The number of carbonyl (C=O) groups excluding carboxylic acids is 1. The van der Waals surface area contributed by atoms with E-state index in [1.807, 2.05) is 45.0 Å². The highest BCUT2D eigenvalue weighted by Gasteiger charge is 2.37. The number of carbonyl (C=O) groups is 1. The Morgan fingerprint density at radius 3 is 2.60 bits per heavy atom. The van der Waals surface area contributed by atoms with Crippen LogP contribution in [-0.2, 0) is 14.3 Å². The summed E-state index contributed by atoms with van der Waals surface area (Å²) in [5, 5.41) is 0. The minimum absolute atomic E-state index is 0.00791. The van der Waals surface area contributed by atoms with E-state index in [4.69, 9.17) is 28.4 Å². The van der Waals surface area contributed by atoms with Crippen molar-refractivity contribution in [3.05, 3.63) is 53.1 Å². The number of esters is 1. The maximum absolute atomic E-state index is 12.8. The Hall–Kier alpha value is -3.35. The fourth-order valence-electron chi connectivity index (χ4n) is 3.51. The Labute approximate surface area is 175 Å². The zero-order chi connectivity index (χ0) is 21.3. The third kappa shape index (κ3) is 3.63. The van der Waals surface area contributed by atoms with Crippen molar-refractivity contribution in [2.75, 3.05) is 20.5 Å². The summed E-state index contributed by atoms with van der Waals surface area (Å²) in [6.07, 6.45) is -0.716. The molecule has 158 valence electrons. The third-order valence-electron chi connectivity index (χ3n) is 4.71. The lowest BCUT2D eigenvalue weighted by molar-refractivity contribution is -0.137. The van der Waals surface area contributed by atoms with Crippen molar-refractivity contribution in [2.24, 2.45) is 0 Å². The Morgan fingerprint density at radius 2 is 1.87 bits per heavy atom. The second-order valence-electron chi connectivity index (χ2n) is 7.10. The summed E-state index contributed by atoms with van der Waals surface area (Å²) in [5.74, 6) is 2.40. The zero-order valence-electron chi connectivity index (χ0n) is 17.4. The van der Waals surface area contributed by atoms with E-state index in [9.17, 15) is 4.79 Å². The lowest BCUT2D eigenvalue weighted by Crippen LogP contribution is -2.25. The van der Waals surface area contributed by atoms with Crippen LogP contribution in [0.25, 0.3) is 5.76 Å². The average Bonchev–Trinajstić information content (AvgIpc) is 3.20. The highest BCUT2D eigenvalue weighted by atomic mass is 16.7. The van der Waals surface area contributed by atoms with Gasteiger partial charge in [0.2, 0.25) is 6.79 Å². The molecule has 0 saturated carbocycles. The molecule has 2 aliphatic rings. The van der Waals surface area contributed by atoms with Gasteiger partial charge in [-0.1, -0.05) is 6.07 Å². The van der Waals surface area contributed by atoms with E-state index >= 15 is 0 Å². The van der Waals surface area contributed by atoms with Gasteiger partial charge in [-0.2, -0.15) is 0 Å². The molecule has 0 bridgehead atoms. The minimum Gasteiger partial charge on any atom is -0.492 e. The van der Waals surface area contributed by atoms with Gasteiger partial charge in [-0.25, -0.2) is 4.79 Å². The summed E-state index contributed by atoms with van der Waals surface area (Å²) >= 11 is 0. The number of ether oxygens (including phenoxy) is 6. The summed E-state index contributed by atoms with van der Waals surface area (Å²) in [4.78, 5) is 12.8. The first kappa shape index (κ1) is 19.9.